The summed E-state index contributed by atoms with van der Waals surface area (Å²) < 4.78 is 13.7. The zero-order valence-corrected chi connectivity index (χ0v) is 10.1. The number of nitrogens with zero attached hydrogens (tertiary/aromatic N) is 1. The van der Waals surface area contributed by atoms with E-state index in [1.165, 1.54) is 17.4 Å². The maximum absolute atomic E-state index is 13.7. The molecule has 3 nitrogen and oxygen atoms in total. The molecule has 0 saturated heterocycles. The van der Waals surface area contributed by atoms with E-state index in [0.717, 1.165) is 0 Å². The van der Waals surface area contributed by atoms with E-state index < -0.39 is 11.8 Å². The average molecular weight is 272 g/mol. The highest BCUT2D eigenvalue weighted by Gasteiger charge is 2.13. The van der Waals surface area contributed by atoms with Crippen molar-refractivity contribution in [2.45, 2.75) is 6.42 Å². The van der Waals surface area contributed by atoms with Crippen LogP contribution in [0.2, 0.25) is 5.02 Å². The number of carbonyl (C=O) groups is 1. The molecule has 0 saturated carbocycles. The highest BCUT2D eigenvalue weighted by atomic mass is 35.5. The molecule has 17 heavy (non-hydrogen) atoms. The van der Waals surface area contributed by atoms with Crippen molar-refractivity contribution in [3.05, 3.63) is 40.1 Å². The number of rotatable bonds is 3. The lowest BCUT2D eigenvalue weighted by Crippen LogP contribution is -2.00. The smallest absolute Gasteiger partial charge is 0.309 e. The second-order valence-electron chi connectivity index (χ2n) is 3.32. The Morgan fingerprint density at radius 2 is 2.29 bits per heavy atom. The van der Waals surface area contributed by atoms with E-state index in [1.807, 2.05) is 0 Å². The van der Waals surface area contributed by atoms with Crippen LogP contribution in [0.25, 0.3) is 10.6 Å². The number of hydrogen-bond acceptors (Lipinski definition) is 3. The number of benzene rings is 1. The van der Waals surface area contributed by atoms with E-state index in [4.69, 9.17) is 16.7 Å². The maximum atomic E-state index is 13.7. The third kappa shape index (κ3) is 2.62. The summed E-state index contributed by atoms with van der Waals surface area (Å²) in [6.07, 6.45) is -0.168. The van der Waals surface area contributed by atoms with Crippen LogP contribution in [-0.4, -0.2) is 16.1 Å². The number of carboxylic acids is 1. The molecule has 0 amide bonds. The van der Waals surface area contributed by atoms with Gasteiger partial charge in [0, 0.05) is 10.9 Å². The molecule has 0 radical (unpaired) electrons. The lowest BCUT2D eigenvalue weighted by atomic mass is 10.2. The fourth-order valence-corrected chi connectivity index (χ4v) is 2.35. The molecule has 0 spiro atoms. The Labute approximate surface area is 106 Å². The molecule has 0 fully saturated rings. The van der Waals surface area contributed by atoms with Gasteiger partial charge in [-0.1, -0.05) is 17.7 Å². The van der Waals surface area contributed by atoms with Gasteiger partial charge in [-0.15, -0.1) is 11.3 Å². The van der Waals surface area contributed by atoms with Crippen LogP contribution in [0, 0.1) is 5.82 Å². The monoisotopic (exact) mass is 271 g/mol. The van der Waals surface area contributed by atoms with Crippen LogP contribution in [0.5, 0.6) is 0 Å². The second-order valence-corrected chi connectivity index (χ2v) is 4.58. The first-order valence-corrected chi connectivity index (χ1v) is 5.94. The topological polar surface area (TPSA) is 50.2 Å². The SMILES string of the molecule is O=C(O)Cc1csc(-c2cccc(Cl)c2F)n1. The first kappa shape index (κ1) is 12.0. The lowest BCUT2D eigenvalue weighted by Gasteiger charge is -1.99. The van der Waals surface area contributed by atoms with Gasteiger partial charge in [-0.05, 0) is 12.1 Å². The van der Waals surface area contributed by atoms with E-state index >= 15 is 0 Å². The van der Waals surface area contributed by atoms with Crippen molar-refractivity contribution in [2.75, 3.05) is 0 Å². The van der Waals surface area contributed by atoms with Gasteiger partial charge < -0.3 is 5.11 Å². The molecule has 6 heteroatoms. The predicted molar refractivity (Wildman–Crippen MR) is 63.9 cm³/mol. The molecule has 1 aromatic carbocycles. The summed E-state index contributed by atoms with van der Waals surface area (Å²) in [6, 6.07) is 4.63. The summed E-state index contributed by atoms with van der Waals surface area (Å²) in [5.41, 5.74) is 0.705. The van der Waals surface area contributed by atoms with Crippen LogP contribution < -0.4 is 0 Å². The van der Waals surface area contributed by atoms with Crippen molar-refractivity contribution in [3.8, 4) is 10.6 Å². The van der Waals surface area contributed by atoms with Gasteiger partial charge in [0.2, 0.25) is 0 Å². The van der Waals surface area contributed by atoms with Crippen molar-refractivity contribution < 1.29 is 14.3 Å². The molecule has 2 rings (SSSR count). The first-order valence-electron chi connectivity index (χ1n) is 4.68. The van der Waals surface area contributed by atoms with Crippen molar-refractivity contribution in [2.24, 2.45) is 0 Å². The molecule has 0 aliphatic heterocycles. The molecule has 1 aromatic heterocycles. The van der Waals surface area contributed by atoms with E-state index in [9.17, 15) is 9.18 Å². The number of carboxylic acid groups (broad SMARTS) is 1. The van der Waals surface area contributed by atoms with Crippen molar-refractivity contribution in [1.82, 2.24) is 4.98 Å². The van der Waals surface area contributed by atoms with Crippen LogP contribution in [-0.2, 0) is 11.2 Å². The lowest BCUT2D eigenvalue weighted by molar-refractivity contribution is -0.136. The maximum Gasteiger partial charge on any atom is 0.309 e. The molecule has 2 aromatic rings. The molecule has 0 atom stereocenters. The Balaban J connectivity index is 2.37. The Morgan fingerprint density at radius 1 is 1.53 bits per heavy atom. The van der Waals surface area contributed by atoms with Gasteiger partial charge >= 0.3 is 5.97 Å². The quantitative estimate of drug-likeness (QED) is 0.932. The minimum absolute atomic E-state index is 0.0254. The van der Waals surface area contributed by atoms with Gasteiger partial charge in [-0.2, -0.15) is 0 Å². The zero-order chi connectivity index (χ0) is 12.4. The Kier molecular flexibility index (Phi) is 3.40. The largest absolute Gasteiger partial charge is 0.481 e. The van der Waals surface area contributed by atoms with E-state index in [1.54, 1.807) is 17.5 Å². The number of thiazole rings is 1. The molecule has 0 bridgehead atoms. The Hall–Kier alpha value is -1.46. The van der Waals surface area contributed by atoms with Gasteiger partial charge in [0.25, 0.3) is 0 Å². The van der Waals surface area contributed by atoms with E-state index in [-0.39, 0.29) is 11.4 Å². The van der Waals surface area contributed by atoms with Crippen molar-refractivity contribution in [3.63, 3.8) is 0 Å². The van der Waals surface area contributed by atoms with Gasteiger partial charge in [0.15, 0.2) is 5.82 Å². The number of aromatic nitrogens is 1. The van der Waals surface area contributed by atoms with Gasteiger partial charge in [0.1, 0.15) is 5.01 Å². The van der Waals surface area contributed by atoms with Crippen LogP contribution in [0.3, 0.4) is 0 Å². The van der Waals surface area contributed by atoms with Crippen molar-refractivity contribution >= 4 is 28.9 Å². The summed E-state index contributed by atoms with van der Waals surface area (Å²) in [7, 11) is 0. The first-order chi connectivity index (χ1) is 8.08. The van der Waals surface area contributed by atoms with E-state index in [2.05, 4.69) is 4.98 Å². The molecule has 1 N–H and O–H groups in total. The minimum atomic E-state index is -0.964. The zero-order valence-electron chi connectivity index (χ0n) is 8.48. The second kappa shape index (κ2) is 4.81. The van der Waals surface area contributed by atoms with Gasteiger partial charge in [-0.25, -0.2) is 9.37 Å². The molecule has 88 valence electrons. The molecular formula is C11H7ClFNO2S. The normalized spacial score (nSPS) is 10.5. The van der Waals surface area contributed by atoms with Crippen LogP contribution in [0.4, 0.5) is 4.39 Å². The van der Waals surface area contributed by atoms with Crippen molar-refractivity contribution in [1.29, 1.82) is 0 Å². The summed E-state index contributed by atoms with van der Waals surface area (Å²) in [6.45, 7) is 0. The van der Waals surface area contributed by atoms with Crippen LogP contribution in [0.1, 0.15) is 5.69 Å². The average Bonchev–Trinajstić information content (AvgIpc) is 2.69. The number of aliphatic carboxylic acids is 1. The molecule has 0 aliphatic rings. The molecule has 0 unspecified atom stereocenters. The van der Waals surface area contributed by atoms with Crippen LogP contribution >= 0.6 is 22.9 Å². The number of halogens is 2. The van der Waals surface area contributed by atoms with Crippen LogP contribution in [0.15, 0.2) is 23.6 Å². The summed E-state index contributed by atoms with van der Waals surface area (Å²) in [4.78, 5) is 14.6. The Morgan fingerprint density at radius 3 is 3.00 bits per heavy atom. The third-order valence-corrected chi connectivity index (χ3v) is 3.28. The highest BCUT2D eigenvalue weighted by Crippen LogP contribution is 2.29. The molecule has 0 aliphatic carbocycles. The predicted octanol–water partition coefficient (Wildman–Crippen LogP) is 3.23. The fourth-order valence-electron chi connectivity index (χ4n) is 1.34. The number of hydrogen-bond donors (Lipinski definition) is 1. The van der Waals surface area contributed by atoms with Gasteiger partial charge in [-0.3, -0.25) is 4.79 Å². The standard InChI is InChI=1S/C11H7ClFNO2S/c12-8-3-1-2-7(10(8)13)11-14-6(5-17-11)4-9(15)16/h1-3,5H,4H2,(H,15,16). The summed E-state index contributed by atoms with van der Waals surface area (Å²) in [5, 5.41) is 10.7. The van der Waals surface area contributed by atoms with Gasteiger partial charge in [0.05, 0.1) is 17.1 Å². The highest BCUT2D eigenvalue weighted by molar-refractivity contribution is 7.13. The molecule has 1 heterocycles. The minimum Gasteiger partial charge on any atom is -0.481 e. The fraction of sp³-hybridized carbons (Fsp3) is 0.0909. The Bertz CT molecular complexity index is 570. The summed E-state index contributed by atoms with van der Waals surface area (Å²) in [5.74, 6) is -1.50. The summed E-state index contributed by atoms with van der Waals surface area (Å²) >= 11 is 6.86. The molecular weight excluding hydrogens is 265 g/mol. The van der Waals surface area contributed by atoms with E-state index in [0.29, 0.717) is 16.3 Å². The third-order valence-electron chi connectivity index (χ3n) is 2.07.